The molecular weight excluding hydrogens is 360 g/mol. The summed E-state index contributed by atoms with van der Waals surface area (Å²) in [5.74, 6) is 0.301. The number of esters is 1. The van der Waals surface area contributed by atoms with Gasteiger partial charge in [0.1, 0.15) is 5.52 Å². The molecule has 0 atom stereocenters. The summed E-state index contributed by atoms with van der Waals surface area (Å²) in [4.78, 5) is 35.4. The zero-order valence-electron chi connectivity index (χ0n) is 16.0. The van der Waals surface area contributed by atoms with Crippen LogP contribution < -0.4 is 16.7 Å². The minimum atomic E-state index is -0.319. The van der Waals surface area contributed by atoms with Crippen molar-refractivity contribution in [1.29, 1.82) is 0 Å². The van der Waals surface area contributed by atoms with Crippen molar-refractivity contribution in [2.75, 3.05) is 24.7 Å². The standard InChI is InChI=1S/C19H24N6O3/c1-3-4-8-21-18-23-16(20)15-17(24-18)25(19(27)22-15)11-13-7-5-6-12(9-13)10-14(26)28-2/h5-7,9H,3-4,8,10-11H2,1-2H3,(H,22,27)(H3,20,21,23,24). The molecule has 0 saturated carbocycles. The van der Waals surface area contributed by atoms with Gasteiger partial charge >= 0.3 is 11.7 Å². The largest absolute Gasteiger partial charge is 0.469 e. The molecule has 1 aromatic carbocycles. The van der Waals surface area contributed by atoms with Crippen LogP contribution in [-0.2, 0) is 22.5 Å². The highest BCUT2D eigenvalue weighted by atomic mass is 16.5. The van der Waals surface area contributed by atoms with Gasteiger partial charge in [0.2, 0.25) is 5.95 Å². The lowest BCUT2D eigenvalue weighted by Crippen LogP contribution is -2.18. The first kappa shape index (κ1) is 19.4. The summed E-state index contributed by atoms with van der Waals surface area (Å²) in [5.41, 5.74) is 8.22. The van der Waals surface area contributed by atoms with Crippen molar-refractivity contribution in [1.82, 2.24) is 19.5 Å². The highest BCUT2D eigenvalue weighted by molar-refractivity contribution is 5.82. The van der Waals surface area contributed by atoms with Gasteiger partial charge in [-0.05, 0) is 17.5 Å². The molecular formula is C19H24N6O3. The number of rotatable bonds is 8. The maximum Gasteiger partial charge on any atom is 0.328 e. The van der Waals surface area contributed by atoms with Crippen LogP contribution in [0.15, 0.2) is 29.1 Å². The second kappa shape index (κ2) is 8.55. The number of nitrogens with one attached hydrogen (secondary N) is 2. The number of carbonyl (C=O) groups excluding carboxylic acids is 1. The average Bonchev–Trinajstić information content (AvgIpc) is 2.98. The van der Waals surface area contributed by atoms with Gasteiger partial charge in [0.15, 0.2) is 11.5 Å². The zero-order chi connectivity index (χ0) is 20.1. The molecule has 0 spiro atoms. The first-order valence-corrected chi connectivity index (χ1v) is 9.16. The number of hydrogen-bond donors (Lipinski definition) is 3. The molecule has 148 valence electrons. The number of ether oxygens (including phenoxy) is 1. The molecule has 0 amide bonds. The number of imidazole rings is 1. The number of unbranched alkanes of at least 4 members (excludes halogenated alkanes) is 1. The highest BCUT2D eigenvalue weighted by Gasteiger charge is 2.14. The van der Waals surface area contributed by atoms with Crippen molar-refractivity contribution in [3.05, 3.63) is 45.9 Å². The average molecular weight is 384 g/mol. The summed E-state index contributed by atoms with van der Waals surface area (Å²) in [6, 6.07) is 7.44. The molecule has 9 heteroatoms. The molecule has 0 aliphatic carbocycles. The number of hydrogen-bond acceptors (Lipinski definition) is 7. The lowest BCUT2D eigenvalue weighted by atomic mass is 10.1. The van der Waals surface area contributed by atoms with Crippen molar-refractivity contribution in [2.24, 2.45) is 0 Å². The van der Waals surface area contributed by atoms with E-state index in [0.717, 1.165) is 30.5 Å². The number of nitrogens with zero attached hydrogens (tertiary/aromatic N) is 3. The third-order valence-corrected chi connectivity index (χ3v) is 4.37. The fourth-order valence-electron chi connectivity index (χ4n) is 2.91. The minimum Gasteiger partial charge on any atom is -0.469 e. The van der Waals surface area contributed by atoms with Crippen molar-refractivity contribution in [3.63, 3.8) is 0 Å². The summed E-state index contributed by atoms with van der Waals surface area (Å²) < 4.78 is 6.22. The Morgan fingerprint density at radius 1 is 1.32 bits per heavy atom. The summed E-state index contributed by atoms with van der Waals surface area (Å²) in [6.45, 7) is 3.11. The molecule has 2 heterocycles. The van der Waals surface area contributed by atoms with Gasteiger partial charge in [0.05, 0.1) is 20.1 Å². The van der Waals surface area contributed by atoms with Crippen LogP contribution in [0.1, 0.15) is 30.9 Å². The Morgan fingerprint density at radius 3 is 2.86 bits per heavy atom. The molecule has 9 nitrogen and oxygen atoms in total. The summed E-state index contributed by atoms with van der Waals surface area (Å²) >= 11 is 0. The van der Waals surface area contributed by atoms with Gasteiger partial charge in [0.25, 0.3) is 0 Å². The Balaban J connectivity index is 1.92. The van der Waals surface area contributed by atoms with E-state index in [-0.39, 0.29) is 23.9 Å². The molecule has 4 N–H and O–H groups in total. The van der Waals surface area contributed by atoms with Gasteiger partial charge in [-0.15, -0.1) is 0 Å². The Bertz CT molecular complexity index is 1040. The second-order valence-corrected chi connectivity index (χ2v) is 6.50. The molecule has 28 heavy (non-hydrogen) atoms. The summed E-state index contributed by atoms with van der Waals surface area (Å²) in [5, 5.41) is 3.13. The molecule has 0 radical (unpaired) electrons. The predicted molar refractivity (Wildman–Crippen MR) is 107 cm³/mol. The van der Waals surface area contributed by atoms with Gasteiger partial charge in [-0.2, -0.15) is 9.97 Å². The predicted octanol–water partition coefficient (Wildman–Crippen LogP) is 1.68. The highest BCUT2D eigenvalue weighted by Crippen LogP contribution is 2.18. The van der Waals surface area contributed by atoms with Gasteiger partial charge in [-0.3, -0.25) is 9.36 Å². The van der Waals surface area contributed by atoms with E-state index in [1.165, 1.54) is 11.7 Å². The van der Waals surface area contributed by atoms with E-state index in [1.807, 2.05) is 24.3 Å². The minimum absolute atomic E-state index is 0.174. The summed E-state index contributed by atoms with van der Waals surface area (Å²) in [6.07, 6.45) is 2.20. The van der Waals surface area contributed by atoms with Crippen LogP contribution in [0.5, 0.6) is 0 Å². The van der Waals surface area contributed by atoms with Gasteiger partial charge in [0, 0.05) is 6.54 Å². The van der Waals surface area contributed by atoms with Crippen LogP contribution in [0.3, 0.4) is 0 Å². The van der Waals surface area contributed by atoms with E-state index in [2.05, 4.69) is 27.2 Å². The second-order valence-electron chi connectivity index (χ2n) is 6.50. The number of nitrogen functional groups attached to an aromatic ring is 1. The van der Waals surface area contributed by atoms with E-state index in [4.69, 9.17) is 10.5 Å². The van der Waals surface area contributed by atoms with Crippen LogP contribution in [0.4, 0.5) is 11.8 Å². The molecule has 0 fully saturated rings. The molecule has 0 aliphatic rings. The zero-order valence-corrected chi connectivity index (χ0v) is 16.0. The molecule has 2 aromatic heterocycles. The molecule has 0 saturated heterocycles. The van der Waals surface area contributed by atoms with E-state index < -0.39 is 0 Å². The number of methoxy groups -OCH3 is 1. The summed E-state index contributed by atoms with van der Waals surface area (Å²) in [7, 11) is 1.36. The molecule has 3 aromatic rings. The van der Waals surface area contributed by atoms with Gasteiger partial charge in [-0.25, -0.2) is 4.79 Å². The normalized spacial score (nSPS) is 10.9. The SMILES string of the molecule is CCCCNc1nc(N)c2[nH]c(=O)n(Cc3cccc(CC(=O)OC)c3)c2n1. The Hall–Kier alpha value is -3.36. The Kier molecular flexibility index (Phi) is 5.93. The quantitative estimate of drug-likeness (QED) is 0.398. The fraction of sp³-hybridized carbons (Fsp3) is 0.368. The van der Waals surface area contributed by atoms with E-state index >= 15 is 0 Å². The smallest absolute Gasteiger partial charge is 0.328 e. The molecule has 0 bridgehead atoms. The van der Waals surface area contributed by atoms with Crippen LogP contribution in [0.2, 0.25) is 0 Å². The van der Waals surface area contributed by atoms with Crippen LogP contribution in [-0.4, -0.2) is 39.1 Å². The van der Waals surface area contributed by atoms with Crippen molar-refractivity contribution >= 4 is 28.9 Å². The number of carbonyl (C=O) groups is 1. The first-order chi connectivity index (χ1) is 13.5. The third kappa shape index (κ3) is 4.30. The maximum atomic E-state index is 12.5. The maximum absolute atomic E-state index is 12.5. The number of nitrogens with two attached hydrogens (primary N) is 1. The number of benzene rings is 1. The van der Waals surface area contributed by atoms with E-state index in [0.29, 0.717) is 23.7 Å². The number of aromatic amines is 1. The topological polar surface area (TPSA) is 128 Å². The van der Waals surface area contributed by atoms with Crippen molar-refractivity contribution in [2.45, 2.75) is 32.7 Å². The van der Waals surface area contributed by atoms with Crippen LogP contribution in [0, 0.1) is 0 Å². The van der Waals surface area contributed by atoms with Gasteiger partial charge < -0.3 is 20.8 Å². The van der Waals surface area contributed by atoms with Crippen molar-refractivity contribution < 1.29 is 9.53 Å². The molecule has 3 rings (SSSR count). The van der Waals surface area contributed by atoms with E-state index in [9.17, 15) is 9.59 Å². The monoisotopic (exact) mass is 384 g/mol. The van der Waals surface area contributed by atoms with Gasteiger partial charge in [-0.1, -0.05) is 37.6 Å². The lowest BCUT2D eigenvalue weighted by molar-refractivity contribution is -0.139. The third-order valence-electron chi connectivity index (χ3n) is 4.37. The Morgan fingerprint density at radius 2 is 2.11 bits per heavy atom. The number of aromatic nitrogens is 4. The van der Waals surface area contributed by atoms with E-state index in [1.54, 1.807) is 0 Å². The number of fused-ring (bicyclic) bond motifs is 1. The molecule has 0 unspecified atom stereocenters. The van der Waals surface area contributed by atoms with Crippen molar-refractivity contribution in [3.8, 4) is 0 Å². The van der Waals surface area contributed by atoms with Crippen LogP contribution >= 0.6 is 0 Å². The Labute approximate surface area is 161 Å². The fourth-order valence-corrected chi connectivity index (χ4v) is 2.91. The lowest BCUT2D eigenvalue weighted by Gasteiger charge is -2.08. The van der Waals surface area contributed by atoms with Crippen LogP contribution in [0.25, 0.3) is 11.2 Å². The first-order valence-electron chi connectivity index (χ1n) is 9.16. The number of H-pyrrole nitrogens is 1. The number of anilines is 2. The molecule has 0 aliphatic heterocycles.